The first-order chi connectivity index (χ1) is 16.0. The van der Waals surface area contributed by atoms with Crippen molar-refractivity contribution < 1.29 is 13.9 Å². The van der Waals surface area contributed by atoms with Crippen LogP contribution in [0.1, 0.15) is 5.76 Å². The number of carbonyl (C=O) groups is 1. The highest BCUT2D eigenvalue weighted by Gasteiger charge is 2.15. The van der Waals surface area contributed by atoms with Crippen LogP contribution in [0.5, 0.6) is 5.75 Å². The summed E-state index contributed by atoms with van der Waals surface area (Å²) in [5.41, 5.74) is 1.65. The van der Waals surface area contributed by atoms with Crippen molar-refractivity contribution in [3.8, 4) is 16.9 Å². The number of benzene rings is 3. The molecule has 0 fully saturated rings. The molecule has 0 spiro atoms. The van der Waals surface area contributed by atoms with Gasteiger partial charge in [-0.3, -0.25) is 14.2 Å². The van der Waals surface area contributed by atoms with Crippen molar-refractivity contribution in [2.45, 2.75) is 13.5 Å². The monoisotopic (exact) mass is 438 g/mol. The first kappa shape index (κ1) is 20.4. The Labute approximate surface area is 187 Å². The van der Waals surface area contributed by atoms with Crippen molar-refractivity contribution >= 4 is 27.8 Å². The molecule has 0 unspecified atom stereocenters. The number of hydrogen-bond donors (Lipinski definition) is 0. The van der Waals surface area contributed by atoms with E-state index in [1.54, 1.807) is 37.3 Å². The van der Waals surface area contributed by atoms with Crippen LogP contribution in [-0.2, 0) is 11.3 Å². The van der Waals surface area contributed by atoms with Gasteiger partial charge in [-0.1, -0.05) is 42.5 Å². The molecular weight excluding hydrogens is 420 g/mol. The normalized spacial score (nSPS) is 11.1. The Morgan fingerprint density at radius 3 is 2.55 bits per heavy atom. The molecule has 0 aliphatic rings. The Bertz CT molecular complexity index is 1630. The SMILES string of the molecule is Cc1oc2cc(OC(=O)Cn3cnc4ccccc4c3=O)ccc2c(=O)c1-c1ccccc1. The zero-order valence-corrected chi connectivity index (χ0v) is 17.6. The molecule has 0 saturated carbocycles. The van der Waals surface area contributed by atoms with Crippen LogP contribution in [0, 0.1) is 6.92 Å². The molecule has 0 aliphatic heterocycles. The molecule has 0 saturated heterocycles. The predicted molar refractivity (Wildman–Crippen MR) is 124 cm³/mol. The predicted octanol–water partition coefficient (Wildman–Crippen LogP) is 4.08. The molecule has 2 aromatic heterocycles. The average molecular weight is 438 g/mol. The lowest BCUT2D eigenvalue weighted by molar-refractivity contribution is -0.135. The number of ether oxygens (including phenoxy) is 1. The minimum atomic E-state index is -0.645. The fraction of sp³-hybridized carbons (Fsp3) is 0.0769. The second-order valence-electron chi connectivity index (χ2n) is 7.56. The Balaban J connectivity index is 1.43. The average Bonchev–Trinajstić information content (AvgIpc) is 2.81. The van der Waals surface area contributed by atoms with E-state index >= 15 is 0 Å². The summed E-state index contributed by atoms with van der Waals surface area (Å²) in [6.07, 6.45) is 1.32. The van der Waals surface area contributed by atoms with Gasteiger partial charge in [0.1, 0.15) is 23.6 Å². The van der Waals surface area contributed by atoms with Gasteiger partial charge >= 0.3 is 5.97 Å². The fourth-order valence-corrected chi connectivity index (χ4v) is 3.81. The van der Waals surface area contributed by atoms with E-state index in [0.29, 0.717) is 33.2 Å². The zero-order valence-electron chi connectivity index (χ0n) is 17.6. The van der Waals surface area contributed by atoms with Crippen LogP contribution in [0.15, 0.2) is 93.1 Å². The summed E-state index contributed by atoms with van der Waals surface area (Å²) in [5.74, 6) is 0.0359. The van der Waals surface area contributed by atoms with Gasteiger partial charge < -0.3 is 9.15 Å². The molecule has 3 aromatic carbocycles. The number of fused-ring (bicyclic) bond motifs is 2. The quantitative estimate of drug-likeness (QED) is 0.310. The molecule has 0 bridgehead atoms. The maximum Gasteiger partial charge on any atom is 0.331 e. The van der Waals surface area contributed by atoms with E-state index in [4.69, 9.17) is 9.15 Å². The number of para-hydroxylation sites is 1. The van der Waals surface area contributed by atoms with Gasteiger partial charge in [0.2, 0.25) is 5.43 Å². The van der Waals surface area contributed by atoms with Crippen LogP contribution in [0.3, 0.4) is 0 Å². The smallest absolute Gasteiger partial charge is 0.331 e. The minimum absolute atomic E-state index is 0.161. The summed E-state index contributed by atoms with van der Waals surface area (Å²) in [6, 6.07) is 20.8. The van der Waals surface area contributed by atoms with Gasteiger partial charge in [-0.25, -0.2) is 9.78 Å². The van der Waals surface area contributed by atoms with Gasteiger partial charge in [-0.2, -0.15) is 0 Å². The number of esters is 1. The molecular formula is C26H18N2O5. The van der Waals surface area contributed by atoms with Gasteiger partial charge in [-0.05, 0) is 36.8 Å². The van der Waals surface area contributed by atoms with Crippen LogP contribution < -0.4 is 15.7 Å². The number of aryl methyl sites for hydroxylation is 1. The summed E-state index contributed by atoms with van der Waals surface area (Å²) in [7, 11) is 0. The molecule has 162 valence electrons. The topological polar surface area (TPSA) is 91.4 Å². The number of aromatic nitrogens is 2. The van der Waals surface area contributed by atoms with Crippen molar-refractivity contribution in [3.63, 3.8) is 0 Å². The van der Waals surface area contributed by atoms with Crippen LogP contribution in [0.4, 0.5) is 0 Å². The van der Waals surface area contributed by atoms with E-state index in [0.717, 1.165) is 5.56 Å². The number of carbonyl (C=O) groups excluding carboxylic acids is 1. The summed E-state index contributed by atoms with van der Waals surface area (Å²) in [4.78, 5) is 42.3. The van der Waals surface area contributed by atoms with Gasteiger partial charge in [0.05, 0.1) is 28.2 Å². The summed E-state index contributed by atoms with van der Waals surface area (Å²) in [5, 5.41) is 0.805. The Hall–Kier alpha value is -4.52. The first-order valence-electron chi connectivity index (χ1n) is 10.3. The Morgan fingerprint density at radius 1 is 0.970 bits per heavy atom. The Morgan fingerprint density at radius 2 is 1.73 bits per heavy atom. The van der Waals surface area contributed by atoms with E-state index < -0.39 is 5.97 Å². The number of hydrogen-bond acceptors (Lipinski definition) is 6. The summed E-state index contributed by atoms with van der Waals surface area (Å²) in [6.45, 7) is 1.42. The molecule has 5 aromatic rings. The first-order valence-corrected chi connectivity index (χ1v) is 10.3. The van der Waals surface area contributed by atoms with Crippen molar-refractivity contribution in [2.24, 2.45) is 0 Å². The molecule has 0 atom stereocenters. The largest absolute Gasteiger partial charge is 0.460 e. The lowest BCUT2D eigenvalue weighted by atomic mass is 10.0. The molecule has 0 radical (unpaired) electrons. The molecule has 5 rings (SSSR count). The lowest BCUT2D eigenvalue weighted by Gasteiger charge is -2.09. The summed E-state index contributed by atoms with van der Waals surface area (Å²) >= 11 is 0. The second kappa shape index (κ2) is 8.20. The summed E-state index contributed by atoms with van der Waals surface area (Å²) < 4.78 is 12.5. The van der Waals surface area contributed by atoms with E-state index in [-0.39, 0.29) is 23.3 Å². The highest BCUT2D eigenvalue weighted by Crippen LogP contribution is 2.26. The zero-order chi connectivity index (χ0) is 22.9. The maximum atomic E-state index is 13.1. The van der Waals surface area contributed by atoms with Crippen molar-refractivity contribution in [2.75, 3.05) is 0 Å². The number of rotatable bonds is 4. The van der Waals surface area contributed by atoms with E-state index in [1.807, 2.05) is 30.3 Å². The minimum Gasteiger partial charge on any atom is -0.460 e. The highest BCUT2D eigenvalue weighted by molar-refractivity contribution is 5.84. The third kappa shape index (κ3) is 3.80. The molecule has 33 heavy (non-hydrogen) atoms. The highest BCUT2D eigenvalue weighted by atomic mass is 16.5. The van der Waals surface area contributed by atoms with Gasteiger partial charge in [0.25, 0.3) is 5.56 Å². The molecule has 7 nitrogen and oxygen atoms in total. The third-order valence-electron chi connectivity index (χ3n) is 5.36. The Kier molecular flexibility index (Phi) is 5.06. The van der Waals surface area contributed by atoms with Crippen molar-refractivity contribution in [1.82, 2.24) is 9.55 Å². The molecule has 0 aliphatic carbocycles. The lowest BCUT2D eigenvalue weighted by Crippen LogP contribution is -2.26. The van der Waals surface area contributed by atoms with Crippen molar-refractivity contribution in [3.05, 3.63) is 105 Å². The second-order valence-corrected chi connectivity index (χ2v) is 7.56. The van der Waals surface area contributed by atoms with Gasteiger partial charge in [0, 0.05) is 6.07 Å². The van der Waals surface area contributed by atoms with Crippen LogP contribution >= 0.6 is 0 Å². The number of nitrogens with zero attached hydrogens (tertiary/aromatic N) is 2. The van der Waals surface area contributed by atoms with Gasteiger partial charge in [-0.15, -0.1) is 0 Å². The standard InChI is InChI=1S/C26H18N2O5/c1-16-24(17-7-3-2-4-8-17)25(30)20-12-11-18(13-22(20)32-16)33-23(29)14-28-15-27-21-10-6-5-9-19(21)26(28)31/h2-13,15H,14H2,1H3. The van der Waals surface area contributed by atoms with E-state index in [1.165, 1.54) is 23.0 Å². The van der Waals surface area contributed by atoms with Gasteiger partial charge in [0.15, 0.2) is 0 Å². The van der Waals surface area contributed by atoms with E-state index in [2.05, 4.69) is 4.98 Å². The molecule has 2 heterocycles. The van der Waals surface area contributed by atoms with Crippen molar-refractivity contribution in [1.29, 1.82) is 0 Å². The van der Waals surface area contributed by atoms with Crippen LogP contribution in [-0.4, -0.2) is 15.5 Å². The van der Waals surface area contributed by atoms with E-state index in [9.17, 15) is 14.4 Å². The van der Waals surface area contributed by atoms with Crippen LogP contribution in [0.25, 0.3) is 33.0 Å². The molecule has 7 heteroatoms. The third-order valence-corrected chi connectivity index (χ3v) is 5.36. The molecule has 0 N–H and O–H groups in total. The molecule has 0 amide bonds. The van der Waals surface area contributed by atoms with Crippen LogP contribution in [0.2, 0.25) is 0 Å². The fourth-order valence-electron chi connectivity index (χ4n) is 3.81. The maximum absolute atomic E-state index is 13.1.